The van der Waals surface area contributed by atoms with E-state index in [0.717, 1.165) is 12.1 Å². The van der Waals surface area contributed by atoms with Gasteiger partial charge in [0.1, 0.15) is 11.0 Å². The molecule has 1 aliphatic rings. The first kappa shape index (κ1) is 19.4. The molecule has 1 aromatic carbocycles. The number of halogens is 3. The van der Waals surface area contributed by atoms with Crippen LogP contribution in [0.3, 0.4) is 0 Å². The summed E-state index contributed by atoms with van der Waals surface area (Å²) in [4.78, 5) is 24.8. The van der Waals surface area contributed by atoms with E-state index in [1.54, 1.807) is 6.92 Å². The molecule has 6 nitrogen and oxygen atoms in total. The number of amides is 1. The molecule has 1 atom stereocenters. The van der Waals surface area contributed by atoms with Crippen molar-refractivity contribution in [2.24, 2.45) is 0 Å². The Morgan fingerprint density at radius 2 is 1.68 bits per heavy atom. The Morgan fingerprint density at radius 3 is 2.16 bits per heavy atom. The van der Waals surface area contributed by atoms with E-state index in [4.69, 9.17) is 0 Å². The second-order valence-corrected chi connectivity index (χ2v) is 6.70. The number of hydrogen-bond acceptors (Lipinski definition) is 4. The van der Waals surface area contributed by atoms with Crippen LogP contribution in [0.15, 0.2) is 29.2 Å². The van der Waals surface area contributed by atoms with Crippen LogP contribution in [0.5, 0.6) is 0 Å². The minimum Gasteiger partial charge on any atom is -0.459 e. The number of piperazine rings is 1. The molecule has 2 rings (SSSR count). The quantitative estimate of drug-likeness (QED) is 0.590. The van der Waals surface area contributed by atoms with E-state index < -0.39 is 34.6 Å². The Balaban J connectivity index is 1.95. The van der Waals surface area contributed by atoms with Crippen LogP contribution in [0.2, 0.25) is 0 Å². The summed E-state index contributed by atoms with van der Waals surface area (Å²) in [6, 6.07) is 4.12. The minimum absolute atomic E-state index is 0.0997. The number of rotatable bonds is 3. The lowest BCUT2D eigenvalue weighted by Crippen LogP contribution is -2.51. The van der Waals surface area contributed by atoms with Gasteiger partial charge in [-0.15, -0.1) is 0 Å². The molecule has 0 saturated carbocycles. The lowest BCUT2D eigenvalue weighted by Gasteiger charge is -2.33. The molecular weight excluding hydrogens is 361 g/mol. The van der Waals surface area contributed by atoms with Gasteiger partial charge in [0.25, 0.3) is 0 Å². The molecule has 1 aliphatic heterocycles. The van der Waals surface area contributed by atoms with Gasteiger partial charge in [0.2, 0.25) is 0 Å². The molecule has 1 aromatic rings. The van der Waals surface area contributed by atoms with Gasteiger partial charge in [-0.25, -0.2) is 13.3 Å². The predicted molar refractivity (Wildman–Crippen MR) is 82.6 cm³/mol. The summed E-state index contributed by atoms with van der Waals surface area (Å²) in [5, 5.41) is 0. The van der Waals surface area contributed by atoms with Gasteiger partial charge in [-0.2, -0.15) is 13.2 Å². The number of nitrogens with zero attached hydrogens (tertiary/aromatic N) is 2. The Bertz CT molecular complexity index is 656. The first-order valence-corrected chi connectivity index (χ1v) is 8.65. The maximum atomic E-state index is 12.6. The van der Waals surface area contributed by atoms with E-state index in [9.17, 15) is 27.0 Å². The van der Waals surface area contributed by atoms with Crippen LogP contribution in [0, 0.1) is 0 Å². The van der Waals surface area contributed by atoms with Crippen molar-refractivity contribution >= 4 is 22.9 Å². The van der Waals surface area contributed by atoms with Crippen LogP contribution in [-0.2, 0) is 31.5 Å². The number of carbonyl (C=O) groups excluding carboxylic acids is 2. The highest BCUT2D eigenvalue weighted by Crippen LogP contribution is 2.29. The fraction of sp³-hybridized carbons (Fsp3) is 0.467. The van der Waals surface area contributed by atoms with Crippen molar-refractivity contribution in [2.45, 2.75) is 18.0 Å². The Kier molecular flexibility index (Phi) is 6.17. The highest BCUT2D eigenvalue weighted by molar-refractivity contribution is 7.82. The molecule has 138 valence electrons. The standard InChI is InChI=1S/C15H17F3N2O4S/c1-2-24-14(22)13(21)19-7-9-20(10-8-19)25(23)12-5-3-11(4-6-12)15(16,17)18/h3-6H,2,7-10H2,1H3. The molecule has 0 aromatic heterocycles. The van der Waals surface area contributed by atoms with Crippen molar-refractivity contribution in [3.63, 3.8) is 0 Å². The van der Waals surface area contributed by atoms with Crippen LogP contribution in [0.4, 0.5) is 13.2 Å². The fourth-order valence-corrected chi connectivity index (χ4v) is 3.45. The number of hydrogen-bond donors (Lipinski definition) is 0. The maximum Gasteiger partial charge on any atom is 0.416 e. The molecule has 1 unspecified atom stereocenters. The van der Waals surface area contributed by atoms with Gasteiger partial charge < -0.3 is 9.64 Å². The predicted octanol–water partition coefficient (Wildman–Crippen LogP) is 1.44. The number of carbonyl (C=O) groups is 2. The van der Waals surface area contributed by atoms with Crippen molar-refractivity contribution < 1.29 is 31.7 Å². The number of benzene rings is 1. The van der Waals surface area contributed by atoms with E-state index in [1.165, 1.54) is 21.3 Å². The third kappa shape index (κ3) is 4.79. The molecule has 25 heavy (non-hydrogen) atoms. The SMILES string of the molecule is CCOC(=O)C(=O)N1CCN(S(=O)c2ccc(C(F)(F)F)cc2)CC1. The smallest absolute Gasteiger partial charge is 0.416 e. The van der Waals surface area contributed by atoms with Gasteiger partial charge in [0.05, 0.1) is 17.1 Å². The summed E-state index contributed by atoms with van der Waals surface area (Å²) >= 11 is 0. The molecule has 0 N–H and O–H groups in total. The zero-order chi connectivity index (χ0) is 18.6. The number of esters is 1. The van der Waals surface area contributed by atoms with Crippen molar-refractivity contribution in [2.75, 3.05) is 32.8 Å². The van der Waals surface area contributed by atoms with Crippen LogP contribution in [0.1, 0.15) is 12.5 Å². The van der Waals surface area contributed by atoms with E-state index in [2.05, 4.69) is 4.74 Å². The lowest BCUT2D eigenvalue weighted by molar-refractivity contribution is -0.160. The molecule has 0 spiro atoms. The van der Waals surface area contributed by atoms with Crippen LogP contribution >= 0.6 is 0 Å². The second kappa shape index (κ2) is 7.96. The second-order valence-electron chi connectivity index (χ2n) is 5.21. The molecule has 0 radical (unpaired) electrons. The third-order valence-electron chi connectivity index (χ3n) is 3.59. The molecule has 1 fully saturated rings. The zero-order valence-corrected chi connectivity index (χ0v) is 14.2. The topological polar surface area (TPSA) is 66.9 Å². The highest BCUT2D eigenvalue weighted by atomic mass is 32.2. The summed E-state index contributed by atoms with van der Waals surface area (Å²) in [5.41, 5.74) is -0.807. The van der Waals surface area contributed by atoms with E-state index in [-0.39, 0.29) is 37.7 Å². The molecule has 0 bridgehead atoms. The lowest BCUT2D eigenvalue weighted by atomic mass is 10.2. The normalized spacial score (nSPS) is 17.2. The monoisotopic (exact) mass is 378 g/mol. The van der Waals surface area contributed by atoms with Crippen molar-refractivity contribution in [3.05, 3.63) is 29.8 Å². The van der Waals surface area contributed by atoms with Crippen LogP contribution in [0.25, 0.3) is 0 Å². The minimum atomic E-state index is -4.45. The van der Waals surface area contributed by atoms with Gasteiger partial charge in [0.15, 0.2) is 0 Å². The maximum absolute atomic E-state index is 12.6. The molecule has 1 heterocycles. The average molecular weight is 378 g/mol. The van der Waals surface area contributed by atoms with E-state index in [0.29, 0.717) is 0 Å². The molecular formula is C15H17F3N2O4S. The summed E-state index contributed by atoms with van der Waals surface area (Å²) in [6.07, 6.45) is -4.45. The molecule has 1 amide bonds. The summed E-state index contributed by atoms with van der Waals surface area (Å²) in [7, 11) is -1.64. The Morgan fingerprint density at radius 1 is 1.12 bits per heavy atom. The van der Waals surface area contributed by atoms with Crippen LogP contribution < -0.4 is 0 Å². The highest BCUT2D eigenvalue weighted by Gasteiger charge is 2.31. The number of ether oxygens (including phenoxy) is 1. The van der Waals surface area contributed by atoms with Gasteiger partial charge >= 0.3 is 18.1 Å². The van der Waals surface area contributed by atoms with Crippen molar-refractivity contribution in [1.29, 1.82) is 0 Å². The van der Waals surface area contributed by atoms with Crippen LogP contribution in [-0.4, -0.2) is 58.1 Å². The van der Waals surface area contributed by atoms with Gasteiger partial charge in [0, 0.05) is 26.2 Å². The van der Waals surface area contributed by atoms with Gasteiger partial charge in [-0.3, -0.25) is 4.79 Å². The number of alkyl halides is 3. The van der Waals surface area contributed by atoms with Crippen molar-refractivity contribution in [1.82, 2.24) is 9.21 Å². The molecule has 10 heteroatoms. The van der Waals surface area contributed by atoms with Gasteiger partial charge in [-0.05, 0) is 31.2 Å². The first-order valence-electron chi connectivity index (χ1n) is 7.54. The zero-order valence-electron chi connectivity index (χ0n) is 13.4. The largest absolute Gasteiger partial charge is 0.459 e. The van der Waals surface area contributed by atoms with E-state index >= 15 is 0 Å². The Labute approximate surface area is 145 Å². The summed E-state index contributed by atoms with van der Waals surface area (Å²) in [6.45, 7) is 2.53. The molecule has 1 saturated heterocycles. The fourth-order valence-electron chi connectivity index (χ4n) is 2.29. The van der Waals surface area contributed by atoms with E-state index in [1.807, 2.05) is 0 Å². The first-order chi connectivity index (χ1) is 11.7. The molecule has 0 aliphatic carbocycles. The average Bonchev–Trinajstić information content (AvgIpc) is 2.60. The van der Waals surface area contributed by atoms with Crippen molar-refractivity contribution in [3.8, 4) is 0 Å². The summed E-state index contributed by atoms with van der Waals surface area (Å²) in [5.74, 6) is -1.68. The van der Waals surface area contributed by atoms with Gasteiger partial charge in [-0.1, -0.05) is 0 Å². The summed E-state index contributed by atoms with van der Waals surface area (Å²) < 4.78 is 56.3. The Hall–Kier alpha value is -1.94. The third-order valence-corrected chi connectivity index (χ3v) is 5.10.